The van der Waals surface area contributed by atoms with Crippen LogP contribution in [-0.4, -0.2) is 29.1 Å². The Labute approximate surface area is 192 Å². The first-order valence-electron chi connectivity index (χ1n) is 8.36. The fourth-order valence-corrected chi connectivity index (χ4v) is 3.63. The predicted molar refractivity (Wildman–Crippen MR) is 125 cm³/mol. The number of hydrogen-bond donors (Lipinski definition) is 2. The maximum absolute atomic E-state index is 6.25. The highest BCUT2D eigenvalue weighted by Gasteiger charge is 2.11. The Morgan fingerprint density at radius 1 is 1.10 bits per heavy atom. The monoisotopic (exact) mass is 514 g/mol. The van der Waals surface area contributed by atoms with Crippen molar-refractivity contribution in [2.24, 2.45) is 0 Å². The molecule has 0 radical (unpaired) electrons. The summed E-state index contributed by atoms with van der Waals surface area (Å²) in [4.78, 5) is 0. The summed E-state index contributed by atoms with van der Waals surface area (Å²) in [7, 11) is 3.18. The summed E-state index contributed by atoms with van der Waals surface area (Å²) < 4.78 is 13.0. The van der Waals surface area contributed by atoms with E-state index in [4.69, 9.17) is 44.9 Å². The van der Waals surface area contributed by atoms with E-state index in [0.717, 1.165) is 15.7 Å². The number of benzene rings is 2. The molecule has 0 saturated carbocycles. The van der Waals surface area contributed by atoms with Gasteiger partial charge in [0.2, 0.25) is 0 Å². The molecule has 2 aromatic carbocycles. The number of thiocarbonyl (C=S) groups is 1. The Hall–Kier alpha value is -2.00. The van der Waals surface area contributed by atoms with Crippen molar-refractivity contribution >= 4 is 68.0 Å². The fraction of sp³-hybridized carbons (Fsp3) is 0.158. The van der Waals surface area contributed by atoms with Crippen LogP contribution in [0.25, 0.3) is 0 Å². The average molecular weight is 516 g/mol. The Balaban J connectivity index is 1.70. The first-order chi connectivity index (χ1) is 13.9. The molecule has 3 aromatic rings. The molecule has 0 amide bonds. The lowest BCUT2D eigenvalue weighted by Crippen LogP contribution is -2.20. The van der Waals surface area contributed by atoms with Crippen LogP contribution in [-0.2, 0) is 6.54 Å². The van der Waals surface area contributed by atoms with Gasteiger partial charge in [-0.2, -0.15) is 5.10 Å². The Kier molecular flexibility index (Phi) is 7.23. The van der Waals surface area contributed by atoms with Gasteiger partial charge in [-0.25, -0.2) is 0 Å². The van der Waals surface area contributed by atoms with Crippen LogP contribution in [0.4, 0.5) is 11.5 Å². The summed E-state index contributed by atoms with van der Waals surface area (Å²) in [5.74, 6) is 1.88. The predicted octanol–water partition coefficient (Wildman–Crippen LogP) is 5.83. The van der Waals surface area contributed by atoms with Gasteiger partial charge in [0.1, 0.15) is 11.5 Å². The van der Waals surface area contributed by atoms with E-state index in [1.165, 1.54) is 0 Å². The molecule has 0 unspecified atom stereocenters. The van der Waals surface area contributed by atoms with Crippen LogP contribution in [0.1, 0.15) is 5.56 Å². The molecule has 0 aliphatic rings. The summed E-state index contributed by atoms with van der Waals surface area (Å²) in [5.41, 5.74) is 1.63. The molecule has 0 atom stereocenters. The summed E-state index contributed by atoms with van der Waals surface area (Å²) in [5, 5.41) is 12.2. The molecule has 0 bridgehead atoms. The van der Waals surface area contributed by atoms with Crippen molar-refractivity contribution in [3.05, 3.63) is 62.7 Å². The molecular weight excluding hydrogens is 499 g/mol. The molecule has 29 heavy (non-hydrogen) atoms. The van der Waals surface area contributed by atoms with Gasteiger partial charge in [0.25, 0.3) is 0 Å². The van der Waals surface area contributed by atoms with Crippen LogP contribution in [0.15, 0.2) is 47.1 Å². The van der Waals surface area contributed by atoms with Gasteiger partial charge in [-0.15, -0.1) is 0 Å². The lowest BCUT2D eigenvalue weighted by Gasteiger charge is -2.12. The molecule has 0 spiro atoms. The zero-order chi connectivity index (χ0) is 21.0. The van der Waals surface area contributed by atoms with Gasteiger partial charge in [0.05, 0.1) is 25.2 Å². The average Bonchev–Trinajstić information content (AvgIpc) is 3.02. The molecule has 1 heterocycles. The van der Waals surface area contributed by atoms with Gasteiger partial charge in [0, 0.05) is 40.1 Å². The van der Waals surface area contributed by atoms with Gasteiger partial charge in [-0.3, -0.25) is 4.68 Å². The number of nitrogens with zero attached hydrogens (tertiary/aromatic N) is 2. The third-order valence-electron chi connectivity index (χ3n) is 3.91. The molecule has 0 aliphatic carbocycles. The highest BCUT2D eigenvalue weighted by molar-refractivity contribution is 9.10. The number of nitrogens with one attached hydrogen (secondary N) is 2. The number of aromatic nitrogens is 2. The van der Waals surface area contributed by atoms with Crippen molar-refractivity contribution in [2.45, 2.75) is 6.54 Å². The van der Waals surface area contributed by atoms with Crippen molar-refractivity contribution in [2.75, 3.05) is 24.9 Å². The van der Waals surface area contributed by atoms with Crippen molar-refractivity contribution in [3.63, 3.8) is 0 Å². The third-order valence-corrected chi connectivity index (χ3v) is 5.28. The van der Waals surface area contributed by atoms with E-state index in [0.29, 0.717) is 39.0 Å². The quantitative estimate of drug-likeness (QED) is 0.403. The van der Waals surface area contributed by atoms with Crippen LogP contribution in [0.3, 0.4) is 0 Å². The highest BCUT2D eigenvalue weighted by Crippen LogP contribution is 2.27. The molecule has 0 fully saturated rings. The van der Waals surface area contributed by atoms with E-state index in [2.05, 4.69) is 31.7 Å². The Morgan fingerprint density at radius 2 is 1.79 bits per heavy atom. The van der Waals surface area contributed by atoms with Crippen LogP contribution in [0, 0.1) is 0 Å². The van der Waals surface area contributed by atoms with Crippen LogP contribution < -0.4 is 20.1 Å². The minimum atomic E-state index is 0.371. The molecule has 3 rings (SSSR count). The zero-order valence-corrected chi connectivity index (χ0v) is 19.4. The summed E-state index contributed by atoms with van der Waals surface area (Å²) in [6.07, 6.45) is 1.84. The Morgan fingerprint density at radius 3 is 2.41 bits per heavy atom. The Bertz CT molecular complexity index is 1020. The smallest absolute Gasteiger partial charge is 0.176 e. The van der Waals surface area contributed by atoms with Gasteiger partial charge < -0.3 is 20.1 Å². The molecule has 152 valence electrons. The molecule has 1 aromatic heterocycles. The molecular formula is C19H17BrCl2N4O2S. The number of hydrogen-bond acceptors (Lipinski definition) is 4. The van der Waals surface area contributed by atoms with Crippen molar-refractivity contribution in [3.8, 4) is 11.5 Å². The van der Waals surface area contributed by atoms with Crippen molar-refractivity contribution in [1.82, 2.24) is 9.78 Å². The molecule has 0 saturated heterocycles. The second kappa shape index (κ2) is 9.67. The van der Waals surface area contributed by atoms with Gasteiger partial charge >= 0.3 is 0 Å². The fourth-order valence-electron chi connectivity index (χ4n) is 2.54. The normalized spacial score (nSPS) is 10.5. The third kappa shape index (κ3) is 5.76. The summed E-state index contributed by atoms with van der Waals surface area (Å²) in [6, 6.07) is 10.8. The topological polar surface area (TPSA) is 60.3 Å². The first-order valence-corrected chi connectivity index (χ1v) is 10.3. The largest absolute Gasteiger partial charge is 0.497 e. The summed E-state index contributed by atoms with van der Waals surface area (Å²) in [6.45, 7) is 0.490. The maximum atomic E-state index is 6.25. The lowest BCUT2D eigenvalue weighted by molar-refractivity contribution is 0.395. The second-order valence-electron chi connectivity index (χ2n) is 5.94. The first kappa shape index (κ1) is 21.7. The number of ether oxygens (including phenoxy) is 2. The van der Waals surface area contributed by atoms with Crippen LogP contribution in [0.5, 0.6) is 11.5 Å². The minimum Gasteiger partial charge on any atom is -0.497 e. The van der Waals surface area contributed by atoms with Crippen LogP contribution in [0.2, 0.25) is 10.0 Å². The number of halogens is 3. The standard InChI is InChI=1S/C19H17BrCl2N4O2S/c1-27-14-6-13(7-15(8-14)28-2)23-19(29)24-18-16(20)10-26(25-18)9-11-3-4-12(21)5-17(11)22/h3-8,10H,9H2,1-2H3,(H2,23,24,25,29). The number of methoxy groups -OCH3 is 2. The van der Waals surface area contributed by atoms with Gasteiger partial charge in [-0.1, -0.05) is 29.3 Å². The molecule has 6 nitrogen and oxygen atoms in total. The SMILES string of the molecule is COc1cc(NC(=S)Nc2nn(Cc3ccc(Cl)cc3Cl)cc2Br)cc(OC)c1. The van der Waals surface area contributed by atoms with Crippen molar-refractivity contribution in [1.29, 1.82) is 0 Å². The van der Waals surface area contributed by atoms with E-state index in [9.17, 15) is 0 Å². The zero-order valence-electron chi connectivity index (χ0n) is 15.5. The van der Waals surface area contributed by atoms with E-state index < -0.39 is 0 Å². The maximum Gasteiger partial charge on any atom is 0.176 e. The summed E-state index contributed by atoms with van der Waals surface area (Å²) >= 11 is 21.1. The van der Waals surface area contributed by atoms with E-state index in [-0.39, 0.29) is 0 Å². The second-order valence-corrected chi connectivity index (χ2v) is 8.05. The number of rotatable bonds is 6. The minimum absolute atomic E-state index is 0.371. The molecule has 10 heteroatoms. The van der Waals surface area contributed by atoms with E-state index in [1.807, 2.05) is 24.4 Å². The molecule has 2 N–H and O–H groups in total. The highest BCUT2D eigenvalue weighted by atomic mass is 79.9. The van der Waals surface area contributed by atoms with Crippen molar-refractivity contribution < 1.29 is 9.47 Å². The van der Waals surface area contributed by atoms with E-state index in [1.54, 1.807) is 37.1 Å². The number of anilines is 2. The van der Waals surface area contributed by atoms with Gasteiger partial charge in [-0.05, 0) is 45.8 Å². The van der Waals surface area contributed by atoms with E-state index >= 15 is 0 Å². The van der Waals surface area contributed by atoms with Gasteiger partial charge in [0.15, 0.2) is 10.9 Å². The lowest BCUT2D eigenvalue weighted by atomic mass is 10.2. The molecule has 0 aliphatic heterocycles. The van der Waals surface area contributed by atoms with Crippen LogP contribution >= 0.6 is 51.3 Å².